The van der Waals surface area contributed by atoms with Gasteiger partial charge in [-0.3, -0.25) is 14.9 Å². The van der Waals surface area contributed by atoms with Gasteiger partial charge in [-0.25, -0.2) is 0 Å². The topological polar surface area (TPSA) is 84.7 Å². The largest absolute Gasteiger partial charge is 0.368 e. The van der Waals surface area contributed by atoms with Crippen molar-refractivity contribution < 1.29 is 14.5 Å². The van der Waals surface area contributed by atoms with Gasteiger partial charge in [0.05, 0.1) is 4.92 Å². The number of carbonyl (C=O) groups is 1. The number of rotatable bonds is 5. The highest BCUT2D eigenvalue weighted by atomic mass is 35.5. The molecule has 1 amide bonds. The number of methoxy groups -OCH3 is 1. The second-order valence-electron chi connectivity index (χ2n) is 5.64. The molecular formula is C15H20ClN3O4. The minimum Gasteiger partial charge on any atom is -0.368 e. The van der Waals surface area contributed by atoms with Crippen LogP contribution in [0, 0.1) is 10.1 Å². The third kappa shape index (κ3) is 3.80. The van der Waals surface area contributed by atoms with E-state index in [2.05, 4.69) is 5.32 Å². The molecule has 1 N–H and O–H groups in total. The monoisotopic (exact) mass is 341 g/mol. The lowest BCUT2D eigenvalue weighted by Crippen LogP contribution is -2.54. The van der Waals surface area contributed by atoms with Gasteiger partial charge in [0.25, 0.3) is 11.6 Å². The van der Waals surface area contributed by atoms with Crippen molar-refractivity contribution in [2.45, 2.75) is 25.0 Å². The summed E-state index contributed by atoms with van der Waals surface area (Å²) in [6, 6.07) is 4.22. The van der Waals surface area contributed by atoms with Gasteiger partial charge in [-0.05, 0) is 37.6 Å². The third-order valence-corrected chi connectivity index (χ3v) is 4.55. The molecule has 0 atom stereocenters. The van der Waals surface area contributed by atoms with Crippen molar-refractivity contribution in [3.05, 3.63) is 38.9 Å². The van der Waals surface area contributed by atoms with Gasteiger partial charge in [-0.15, -0.1) is 0 Å². The lowest BCUT2D eigenvalue weighted by atomic mass is 9.90. The van der Waals surface area contributed by atoms with Crippen molar-refractivity contribution in [1.82, 2.24) is 10.2 Å². The lowest BCUT2D eigenvalue weighted by molar-refractivity contribution is -0.384. The summed E-state index contributed by atoms with van der Waals surface area (Å²) in [6.45, 7) is 1.62. The number of carbonyl (C=O) groups excluding carboxylic acids is 1. The first kappa shape index (κ1) is 17.7. The molecule has 1 aromatic carbocycles. The molecular weight excluding hydrogens is 322 g/mol. The summed E-state index contributed by atoms with van der Waals surface area (Å²) in [7, 11) is 3.19. The number of ether oxygens (including phenoxy) is 1. The van der Waals surface area contributed by atoms with Crippen LogP contribution in [0.15, 0.2) is 18.2 Å². The van der Waals surface area contributed by atoms with Crippen LogP contribution in [-0.4, -0.2) is 48.6 Å². The van der Waals surface area contributed by atoms with Gasteiger partial charge in [-0.2, -0.15) is 0 Å². The molecule has 1 heterocycles. The van der Waals surface area contributed by atoms with E-state index in [1.807, 2.05) is 0 Å². The second kappa shape index (κ2) is 7.25. The Morgan fingerprint density at radius 3 is 2.70 bits per heavy atom. The summed E-state index contributed by atoms with van der Waals surface area (Å²) >= 11 is 6.10. The second-order valence-corrected chi connectivity index (χ2v) is 6.05. The number of benzene rings is 1. The highest BCUT2D eigenvalue weighted by molar-refractivity contribution is 6.31. The minimum atomic E-state index is -0.840. The fraction of sp³-hybridized carbons (Fsp3) is 0.533. The van der Waals surface area contributed by atoms with Crippen molar-refractivity contribution in [1.29, 1.82) is 0 Å². The summed E-state index contributed by atoms with van der Waals surface area (Å²) in [5.41, 5.74) is -0.349. The summed E-state index contributed by atoms with van der Waals surface area (Å²) in [4.78, 5) is 24.7. The Balaban J connectivity index is 2.17. The number of likely N-dealkylation sites (N-methyl/N-ethyl adjacent to an activating group) is 1. The van der Waals surface area contributed by atoms with Crippen LogP contribution in [0.4, 0.5) is 5.69 Å². The number of nitrogens with one attached hydrogen (secondary N) is 1. The van der Waals surface area contributed by atoms with E-state index in [0.717, 1.165) is 0 Å². The van der Waals surface area contributed by atoms with Crippen molar-refractivity contribution >= 4 is 23.2 Å². The zero-order valence-electron chi connectivity index (χ0n) is 13.2. The number of nitro benzene ring substituents is 1. The summed E-state index contributed by atoms with van der Waals surface area (Å²) in [5, 5.41) is 14.5. The number of nitrogens with zero attached hydrogens (tertiary/aromatic N) is 2. The molecule has 23 heavy (non-hydrogen) atoms. The van der Waals surface area contributed by atoms with Crippen LogP contribution in [0.25, 0.3) is 0 Å². The predicted molar refractivity (Wildman–Crippen MR) is 86.4 cm³/mol. The summed E-state index contributed by atoms with van der Waals surface area (Å²) in [5.74, 6) is -0.135. The number of amides is 1. The average Bonchev–Trinajstić information content (AvgIpc) is 2.56. The molecule has 0 aliphatic carbocycles. The molecule has 7 nitrogen and oxygen atoms in total. The lowest BCUT2D eigenvalue weighted by Gasteiger charge is -2.37. The molecule has 8 heteroatoms. The van der Waals surface area contributed by atoms with Crippen molar-refractivity contribution in [2.75, 3.05) is 27.2 Å². The molecule has 0 aromatic heterocycles. The molecule has 1 aliphatic heterocycles. The van der Waals surface area contributed by atoms with Crippen LogP contribution >= 0.6 is 11.6 Å². The smallest absolute Gasteiger partial charge is 0.269 e. The number of nitro groups is 1. The molecule has 0 unspecified atom stereocenters. The quantitative estimate of drug-likeness (QED) is 0.654. The molecule has 2 rings (SSSR count). The van der Waals surface area contributed by atoms with Crippen LogP contribution in [0.2, 0.25) is 5.02 Å². The molecule has 0 radical (unpaired) electrons. The third-order valence-electron chi connectivity index (χ3n) is 4.19. The van der Waals surface area contributed by atoms with Gasteiger partial charge in [-0.1, -0.05) is 11.6 Å². The first-order valence-corrected chi connectivity index (χ1v) is 7.72. The van der Waals surface area contributed by atoms with Crippen LogP contribution in [-0.2, 0) is 16.1 Å². The van der Waals surface area contributed by atoms with Gasteiger partial charge in [0, 0.05) is 37.9 Å². The van der Waals surface area contributed by atoms with E-state index in [1.54, 1.807) is 7.05 Å². The van der Waals surface area contributed by atoms with E-state index in [4.69, 9.17) is 16.3 Å². The standard InChI is InChI=1S/C15H20ClN3O4/c1-18(14(20)15(23-2)5-7-17-8-6-15)10-11-9-12(19(21)22)3-4-13(11)16/h3-4,9,17H,5-8,10H2,1-2H3. The molecule has 1 aliphatic rings. The van der Waals surface area contributed by atoms with Crippen LogP contribution in [0.1, 0.15) is 18.4 Å². The van der Waals surface area contributed by atoms with Gasteiger partial charge in [0.15, 0.2) is 0 Å². The molecule has 0 bridgehead atoms. The van der Waals surface area contributed by atoms with Crippen molar-refractivity contribution in [3.63, 3.8) is 0 Å². The Morgan fingerprint density at radius 2 is 2.13 bits per heavy atom. The Kier molecular flexibility index (Phi) is 5.56. The van der Waals surface area contributed by atoms with E-state index in [-0.39, 0.29) is 18.1 Å². The molecule has 1 saturated heterocycles. The Labute approximate surface area is 139 Å². The average molecular weight is 342 g/mol. The fourth-order valence-electron chi connectivity index (χ4n) is 2.81. The van der Waals surface area contributed by atoms with Gasteiger partial charge in [0.1, 0.15) is 5.60 Å². The van der Waals surface area contributed by atoms with Gasteiger partial charge < -0.3 is 15.0 Å². The first-order chi connectivity index (χ1) is 10.9. The highest BCUT2D eigenvalue weighted by Crippen LogP contribution is 2.27. The normalized spacial score (nSPS) is 16.8. The summed E-state index contributed by atoms with van der Waals surface area (Å²) < 4.78 is 5.52. The van der Waals surface area contributed by atoms with Crippen LogP contribution in [0.3, 0.4) is 0 Å². The van der Waals surface area contributed by atoms with Gasteiger partial charge >= 0.3 is 0 Å². The maximum Gasteiger partial charge on any atom is 0.269 e. The van der Waals surface area contributed by atoms with Crippen molar-refractivity contribution in [3.8, 4) is 0 Å². The van der Waals surface area contributed by atoms with Gasteiger partial charge in [0.2, 0.25) is 0 Å². The zero-order chi connectivity index (χ0) is 17.0. The zero-order valence-corrected chi connectivity index (χ0v) is 13.9. The molecule has 0 saturated carbocycles. The van der Waals surface area contributed by atoms with Crippen LogP contribution in [0.5, 0.6) is 0 Å². The van der Waals surface area contributed by atoms with Crippen LogP contribution < -0.4 is 5.32 Å². The highest BCUT2D eigenvalue weighted by Gasteiger charge is 2.41. The van der Waals surface area contributed by atoms with E-state index < -0.39 is 10.5 Å². The predicted octanol–water partition coefficient (Wildman–Crippen LogP) is 1.98. The number of hydrogen-bond acceptors (Lipinski definition) is 5. The Bertz CT molecular complexity index is 602. The molecule has 0 spiro atoms. The van der Waals surface area contributed by atoms with Crippen molar-refractivity contribution in [2.24, 2.45) is 0 Å². The Morgan fingerprint density at radius 1 is 1.48 bits per heavy atom. The summed E-state index contributed by atoms with van der Waals surface area (Å²) in [6.07, 6.45) is 1.19. The van der Waals surface area contributed by atoms with E-state index in [1.165, 1.54) is 30.2 Å². The number of piperidine rings is 1. The van der Waals surface area contributed by atoms with E-state index in [0.29, 0.717) is 36.5 Å². The van der Waals surface area contributed by atoms with E-state index in [9.17, 15) is 14.9 Å². The fourth-order valence-corrected chi connectivity index (χ4v) is 2.98. The molecule has 126 valence electrons. The molecule has 1 fully saturated rings. The minimum absolute atomic E-state index is 0.0476. The number of halogens is 1. The Hall–Kier alpha value is -1.70. The molecule has 1 aromatic rings. The maximum absolute atomic E-state index is 12.8. The SMILES string of the molecule is COC1(C(=O)N(C)Cc2cc([N+](=O)[O-])ccc2Cl)CCNCC1. The first-order valence-electron chi connectivity index (χ1n) is 7.34. The number of non-ortho nitro benzene ring substituents is 1. The number of hydrogen-bond donors (Lipinski definition) is 1. The maximum atomic E-state index is 12.8. The van der Waals surface area contributed by atoms with E-state index >= 15 is 0 Å².